The molecule has 0 spiro atoms. The minimum atomic E-state index is -0.845. The lowest BCUT2D eigenvalue weighted by molar-refractivity contribution is -0.125. The molecule has 0 aromatic heterocycles. The molecule has 4 heteroatoms. The van der Waals surface area contributed by atoms with Crippen LogP contribution >= 0.6 is 15.9 Å². The number of amides is 1. The summed E-state index contributed by atoms with van der Waals surface area (Å²) in [6.45, 7) is 10.3. The molecule has 3 N–H and O–H groups in total. The summed E-state index contributed by atoms with van der Waals surface area (Å²) in [6.07, 6.45) is 0. The summed E-state index contributed by atoms with van der Waals surface area (Å²) in [7, 11) is 0. The van der Waals surface area contributed by atoms with Crippen LogP contribution < -0.4 is 11.1 Å². The largest absolute Gasteiger partial charge is 0.354 e. The van der Waals surface area contributed by atoms with Gasteiger partial charge in [-0.05, 0) is 44.0 Å². The highest BCUT2D eigenvalue weighted by atomic mass is 79.9. The topological polar surface area (TPSA) is 55.1 Å². The minimum Gasteiger partial charge on any atom is -0.354 e. The molecule has 0 saturated carbocycles. The maximum absolute atomic E-state index is 11.8. The Kier molecular flexibility index (Phi) is 4.80. The number of nitrogens with one attached hydrogen (secondary N) is 1. The van der Waals surface area contributed by atoms with Gasteiger partial charge in [-0.3, -0.25) is 4.79 Å². The monoisotopic (exact) mass is 326 g/mol. The molecule has 1 rings (SSSR count). The van der Waals surface area contributed by atoms with Gasteiger partial charge >= 0.3 is 0 Å². The van der Waals surface area contributed by atoms with Crippen molar-refractivity contribution < 1.29 is 4.79 Å². The van der Waals surface area contributed by atoms with Crippen molar-refractivity contribution in [2.24, 2.45) is 5.73 Å². The lowest BCUT2D eigenvalue weighted by atomic mass is 9.82. The molecule has 19 heavy (non-hydrogen) atoms. The van der Waals surface area contributed by atoms with Crippen molar-refractivity contribution >= 4 is 21.8 Å². The SMILES string of the molecule is Cc1ccc(Br)cc1C(C)(C)CNC(=O)C(C)(C)N. The Morgan fingerprint density at radius 1 is 1.32 bits per heavy atom. The van der Waals surface area contributed by atoms with E-state index in [1.807, 2.05) is 6.07 Å². The average molecular weight is 327 g/mol. The fraction of sp³-hybridized carbons (Fsp3) is 0.533. The van der Waals surface area contributed by atoms with Crippen molar-refractivity contribution in [2.45, 2.75) is 45.6 Å². The van der Waals surface area contributed by atoms with Crippen LogP contribution in [0.4, 0.5) is 0 Å². The second-order valence-corrected chi connectivity index (χ2v) is 7.16. The zero-order chi connectivity index (χ0) is 14.8. The summed E-state index contributed by atoms with van der Waals surface area (Å²) in [5, 5.41) is 2.93. The Morgan fingerprint density at radius 3 is 2.42 bits per heavy atom. The number of nitrogens with two attached hydrogens (primary N) is 1. The fourth-order valence-corrected chi connectivity index (χ4v) is 2.31. The van der Waals surface area contributed by atoms with Gasteiger partial charge in [-0.25, -0.2) is 0 Å². The summed E-state index contributed by atoms with van der Waals surface area (Å²) in [5.74, 6) is -0.131. The first-order valence-electron chi connectivity index (χ1n) is 6.38. The number of hydrogen-bond acceptors (Lipinski definition) is 2. The quantitative estimate of drug-likeness (QED) is 0.893. The van der Waals surface area contributed by atoms with Crippen LogP contribution in [0.1, 0.15) is 38.8 Å². The Hall–Kier alpha value is -0.870. The molecule has 0 saturated heterocycles. The second kappa shape index (κ2) is 5.63. The zero-order valence-electron chi connectivity index (χ0n) is 12.3. The predicted molar refractivity (Wildman–Crippen MR) is 83.2 cm³/mol. The number of aryl methyl sites for hydroxylation is 1. The van der Waals surface area contributed by atoms with E-state index >= 15 is 0 Å². The number of hydrogen-bond donors (Lipinski definition) is 2. The summed E-state index contributed by atoms with van der Waals surface area (Å²) < 4.78 is 1.05. The Labute approximate surface area is 124 Å². The zero-order valence-corrected chi connectivity index (χ0v) is 13.9. The molecule has 0 heterocycles. The van der Waals surface area contributed by atoms with Crippen LogP contribution in [0.25, 0.3) is 0 Å². The van der Waals surface area contributed by atoms with E-state index in [-0.39, 0.29) is 11.3 Å². The Morgan fingerprint density at radius 2 is 1.89 bits per heavy atom. The average Bonchev–Trinajstić information content (AvgIpc) is 2.28. The standard InChI is InChI=1S/C15H23BrN2O/c1-10-6-7-11(16)8-12(10)14(2,3)9-18-13(19)15(4,5)17/h6-8H,9,17H2,1-5H3,(H,18,19). The van der Waals surface area contributed by atoms with Crippen molar-refractivity contribution in [3.05, 3.63) is 33.8 Å². The molecular formula is C15H23BrN2O. The number of rotatable bonds is 4. The van der Waals surface area contributed by atoms with Gasteiger partial charge in [0.2, 0.25) is 5.91 Å². The first-order chi connectivity index (χ1) is 8.54. The van der Waals surface area contributed by atoms with Crippen molar-refractivity contribution in [3.63, 3.8) is 0 Å². The van der Waals surface area contributed by atoms with Gasteiger partial charge in [0.25, 0.3) is 0 Å². The van der Waals surface area contributed by atoms with Crippen molar-refractivity contribution in [2.75, 3.05) is 6.54 Å². The Balaban J connectivity index is 2.87. The van der Waals surface area contributed by atoms with Gasteiger partial charge in [0.1, 0.15) is 0 Å². The van der Waals surface area contributed by atoms with E-state index in [1.165, 1.54) is 11.1 Å². The molecule has 0 aliphatic carbocycles. The van der Waals surface area contributed by atoms with E-state index in [2.05, 4.69) is 54.2 Å². The van der Waals surface area contributed by atoms with Crippen LogP contribution in [0.3, 0.4) is 0 Å². The summed E-state index contributed by atoms with van der Waals surface area (Å²) in [4.78, 5) is 11.8. The normalized spacial score (nSPS) is 12.4. The fourth-order valence-electron chi connectivity index (χ4n) is 1.95. The van der Waals surface area contributed by atoms with E-state index in [1.54, 1.807) is 13.8 Å². The molecule has 0 unspecified atom stereocenters. The summed E-state index contributed by atoms with van der Waals surface area (Å²) >= 11 is 3.49. The minimum absolute atomic E-state index is 0.131. The number of benzene rings is 1. The van der Waals surface area contributed by atoms with Gasteiger partial charge in [-0.1, -0.05) is 35.8 Å². The van der Waals surface area contributed by atoms with Gasteiger partial charge in [0, 0.05) is 16.4 Å². The molecule has 1 aromatic carbocycles. The van der Waals surface area contributed by atoms with E-state index < -0.39 is 5.54 Å². The first-order valence-corrected chi connectivity index (χ1v) is 7.17. The highest BCUT2D eigenvalue weighted by molar-refractivity contribution is 9.10. The maximum Gasteiger partial charge on any atom is 0.239 e. The van der Waals surface area contributed by atoms with Crippen molar-refractivity contribution in [3.8, 4) is 0 Å². The lowest BCUT2D eigenvalue weighted by Crippen LogP contribution is -2.51. The van der Waals surface area contributed by atoms with Gasteiger partial charge in [0.15, 0.2) is 0 Å². The van der Waals surface area contributed by atoms with E-state index in [0.717, 1.165) is 4.47 Å². The van der Waals surface area contributed by atoms with Crippen molar-refractivity contribution in [1.82, 2.24) is 5.32 Å². The van der Waals surface area contributed by atoms with Crippen LogP contribution in [-0.4, -0.2) is 18.0 Å². The Bertz CT molecular complexity index is 476. The lowest BCUT2D eigenvalue weighted by Gasteiger charge is -2.29. The van der Waals surface area contributed by atoms with E-state index in [9.17, 15) is 4.79 Å². The molecule has 1 amide bonds. The third-order valence-electron chi connectivity index (χ3n) is 3.20. The predicted octanol–water partition coefficient (Wildman–Crippen LogP) is 2.89. The molecule has 0 fully saturated rings. The molecule has 106 valence electrons. The molecule has 0 bridgehead atoms. The highest BCUT2D eigenvalue weighted by Crippen LogP contribution is 2.28. The van der Waals surface area contributed by atoms with Crippen LogP contribution in [0.2, 0.25) is 0 Å². The smallest absolute Gasteiger partial charge is 0.239 e. The van der Waals surface area contributed by atoms with Crippen LogP contribution in [-0.2, 0) is 10.2 Å². The third-order valence-corrected chi connectivity index (χ3v) is 3.70. The van der Waals surface area contributed by atoms with Gasteiger partial charge in [-0.2, -0.15) is 0 Å². The van der Waals surface area contributed by atoms with Gasteiger partial charge < -0.3 is 11.1 Å². The molecule has 0 aliphatic rings. The van der Waals surface area contributed by atoms with E-state index in [4.69, 9.17) is 5.73 Å². The first kappa shape index (κ1) is 16.2. The molecule has 3 nitrogen and oxygen atoms in total. The number of halogens is 1. The maximum atomic E-state index is 11.8. The molecule has 0 aliphatic heterocycles. The summed E-state index contributed by atoms with van der Waals surface area (Å²) in [6, 6.07) is 6.21. The second-order valence-electron chi connectivity index (χ2n) is 6.25. The van der Waals surface area contributed by atoms with Crippen LogP contribution in [0.15, 0.2) is 22.7 Å². The molecule has 1 aromatic rings. The number of carbonyl (C=O) groups excluding carboxylic acids is 1. The highest BCUT2D eigenvalue weighted by Gasteiger charge is 2.27. The van der Waals surface area contributed by atoms with Crippen molar-refractivity contribution in [1.29, 1.82) is 0 Å². The van der Waals surface area contributed by atoms with Gasteiger partial charge in [0.05, 0.1) is 5.54 Å². The van der Waals surface area contributed by atoms with E-state index in [0.29, 0.717) is 6.54 Å². The molecule has 0 atom stereocenters. The van der Waals surface area contributed by atoms with Crippen LogP contribution in [0.5, 0.6) is 0 Å². The molecular weight excluding hydrogens is 304 g/mol. The van der Waals surface area contributed by atoms with Gasteiger partial charge in [-0.15, -0.1) is 0 Å². The molecule has 0 radical (unpaired) electrons. The van der Waals surface area contributed by atoms with Crippen LogP contribution in [0, 0.1) is 6.92 Å². The number of carbonyl (C=O) groups is 1. The third kappa shape index (κ3) is 4.32. The summed E-state index contributed by atoms with van der Waals surface area (Å²) in [5.41, 5.74) is 7.23.